The summed E-state index contributed by atoms with van der Waals surface area (Å²) in [6.07, 6.45) is 3.03. The molecule has 3 N–H and O–H groups in total. The zero-order chi connectivity index (χ0) is 11.5. The van der Waals surface area contributed by atoms with Crippen molar-refractivity contribution >= 4 is 33.1 Å². The van der Waals surface area contributed by atoms with E-state index >= 15 is 0 Å². The second-order valence-electron chi connectivity index (χ2n) is 3.43. The van der Waals surface area contributed by atoms with Crippen molar-refractivity contribution in [3.8, 4) is 0 Å². The van der Waals surface area contributed by atoms with E-state index in [0.717, 1.165) is 10.2 Å². The van der Waals surface area contributed by atoms with Gasteiger partial charge in [-0.25, -0.2) is 9.97 Å². The molecule has 2 aromatic rings. The average molecular weight is 279 g/mol. The zero-order valence-corrected chi connectivity index (χ0v) is 10.3. The molecule has 4 nitrogen and oxygen atoms in total. The van der Waals surface area contributed by atoms with Gasteiger partial charge >= 0.3 is 0 Å². The first kappa shape index (κ1) is 10.9. The molecule has 0 amide bonds. The van der Waals surface area contributed by atoms with Crippen LogP contribution in [0.25, 0.3) is 0 Å². The SMILES string of the molecule is Cc1ccc(Nc2ncncc2N)c(Br)c1. The number of aromatic nitrogens is 2. The molecule has 1 heterocycles. The molecule has 82 valence electrons. The van der Waals surface area contributed by atoms with Crippen LogP contribution in [0.4, 0.5) is 17.2 Å². The van der Waals surface area contributed by atoms with Gasteiger partial charge in [0.15, 0.2) is 5.82 Å². The molecule has 0 aliphatic heterocycles. The summed E-state index contributed by atoms with van der Waals surface area (Å²) in [6, 6.07) is 6.02. The summed E-state index contributed by atoms with van der Waals surface area (Å²) < 4.78 is 0.977. The Labute approximate surface area is 102 Å². The lowest BCUT2D eigenvalue weighted by atomic mass is 10.2. The fraction of sp³-hybridized carbons (Fsp3) is 0.0909. The highest BCUT2D eigenvalue weighted by Gasteiger charge is 2.03. The Hall–Kier alpha value is -1.62. The number of halogens is 1. The molecule has 0 unspecified atom stereocenters. The van der Waals surface area contributed by atoms with Crippen molar-refractivity contribution in [3.63, 3.8) is 0 Å². The highest BCUT2D eigenvalue weighted by Crippen LogP contribution is 2.27. The number of aryl methyl sites for hydroxylation is 1. The van der Waals surface area contributed by atoms with Gasteiger partial charge in [-0.1, -0.05) is 6.07 Å². The van der Waals surface area contributed by atoms with E-state index in [9.17, 15) is 0 Å². The third-order valence-corrected chi connectivity index (χ3v) is 2.77. The van der Waals surface area contributed by atoms with Gasteiger partial charge in [-0.3, -0.25) is 0 Å². The second kappa shape index (κ2) is 4.49. The second-order valence-corrected chi connectivity index (χ2v) is 4.29. The largest absolute Gasteiger partial charge is 0.394 e. The van der Waals surface area contributed by atoms with E-state index in [1.54, 1.807) is 6.20 Å². The summed E-state index contributed by atoms with van der Waals surface area (Å²) in [5, 5.41) is 3.14. The molecule has 0 atom stereocenters. The van der Waals surface area contributed by atoms with Crippen molar-refractivity contribution in [2.75, 3.05) is 11.1 Å². The van der Waals surface area contributed by atoms with Crippen LogP contribution in [0.5, 0.6) is 0 Å². The highest BCUT2D eigenvalue weighted by atomic mass is 79.9. The smallest absolute Gasteiger partial charge is 0.157 e. The van der Waals surface area contributed by atoms with E-state index < -0.39 is 0 Å². The van der Waals surface area contributed by atoms with Crippen molar-refractivity contribution in [2.45, 2.75) is 6.92 Å². The standard InChI is InChI=1S/C11H11BrN4/c1-7-2-3-10(8(12)4-7)16-11-9(13)5-14-6-15-11/h2-6H,13H2,1H3,(H,14,15,16). The normalized spacial score (nSPS) is 10.1. The van der Waals surface area contributed by atoms with Crippen LogP contribution in [0, 0.1) is 6.92 Å². The third-order valence-electron chi connectivity index (χ3n) is 2.12. The lowest BCUT2D eigenvalue weighted by Crippen LogP contribution is -2.00. The predicted octanol–water partition coefficient (Wildman–Crippen LogP) is 2.87. The summed E-state index contributed by atoms with van der Waals surface area (Å²) in [7, 11) is 0. The van der Waals surface area contributed by atoms with Gasteiger partial charge in [0.05, 0.1) is 17.6 Å². The molecule has 0 spiro atoms. The molecule has 0 aliphatic rings. The summed E-state index contributed by atoms with van der Waals surface area (Å²) in [5.74, 6) is 0.611. The fourth-order valence-electron chi connectivity index (χ4n) is 1.29. The van der Waals surface area contributed by atoms with Gasteiger partial charge in [0.25, 0.3) is 0 Å². The van der Waals surface area contributed by atoms with E-state index in [1.807, 2.05) is 25.1 Å². The molecule has 0 aliphatic carbocycles. The molecule has 0 radical (unpaired) electrons. The molecule has 0 saturated heterocycles. The van der Waals surface area contributed by atoms with Crippen LogP contribution >= 0.6 is 15.9 Å². The van der Waals surface area contributed by atoms with Gasteiger partial charge < -0.3 is 11.1 Å². The predicted molar refractivity (Wildman–Crippen MR) is 68.6 cm³/mol. The molecular formula is C11H11BrN4. The molecule has 5 heteroatoms. The molecule has 2 rings (SSSR count). The van der Waals surface area contributed by atoms with Crippen LogP contribution < -0.4 is 11.1 Å². The first-order valence-corrected chi connectivity index (χ1v) is 5.55. The fourth-order valence-corrected chi connectivity index (χ4v) is 1.89. The Morgan fingerprint density at radius 1 is 1.38 bits per heavy atom. The van der Waals surface area contributed by atoms with Crippen molar-refractivity contribution in [1.29, 1.82) is 0 Å². The summed E-state index contributed by atoms with van der Waals surface area (Å²) in [5.41, 5.74) is 8.38. The van der Waals surface area contributed by atoms with Crippen molar-refractivity contribution < 1.29 is 0 Å². The van der Waals surface area contributed by atoms with Crippen LogP contribution in [0.1, 0.15) is 5.56 Å². The van der Waals surface area contributed by atoms with Crippen LogP contribution in [0.2, 0.25) is 0 Å². The van der Waals surface area contributed by atoms with Crippen molar-refractivity contribution in [3.05, 3.63) is 40.8 Å². The van der Waals surface area contributed by atoms with Gasteiger partial charge in [-0.15, -0.1) is 0 Å². The minimum Gasteiger partial charge on any atom is -0.394 e. The van der Waals surface area contributed by atoms with E-state index in [4.69, 9.17) is 5.73 Å². The zero-order valence-electron chi connectivity index (χ0n) is 8.74. The maximum Gasteiger partial charge on any atom is 0.157 e. The van der Waals surface area contributed by atoms with E-state index in [2.05, 4.69) is 31.2 Å². The van der Waals surface area contributed by atoms with Crippen LogP contribution in [-0.4, -0.2) is 9.97 Å². The number of benzene rings is 1. The number of nitrogens with two attached hydrogens (primary N) is 1. The lowest BCUT2D eigenvalue weighted by molar-refractivity contribution is 1.17. The monoisotopic (exact) mass is 278 g/mol. The number of hydrogen-bond donors (Lipinski definition) is 2. The Morgan fingerprint density at radius 3 is 2.88 bits per heavy atom. The third kappa shape index (κ3) is 2.30. The van der Waals surface area contributed by atoms with Crippen LogP contribution in [0.15, 0.2) is 35.2 Å². The number of rotatable bonds is 2. The maximum absolute atomic E-state index is 5.75. The van der Waals surface area contributed by atoms with Gasteiger partial charge in [0.1, 0.15) is 6.33 Å². The van der Waals surface area contributed by atoms with Gasteiger partial charge in [0.2, 0.25) is 0 Å². The average Bonchev–Trinajstić information content (AvgIpc) is 2.25. The van der Waals surface area contributed by atoms with Gasteiger partial charge in [-0.2, -0.15) is 0 Å². The summed E-state index contributed by atoms with van der Waals surface area (Å²) >= 11 is 3.48. The lowest BCUT2D eigenvalue weighted by Gasteiger charge is -2.09. The molecule has 1 aromatic carbocycles. The number of nitrogens with one attached hydrogen (secondary N) is 1. The Kier molecular flexibility index (Phi) is 3.05. The minimum absolute atomic E-state index is 0.523. The molecule has 0 fully saturated rings. The van der Waals surface area contributed by atoms with Crippen LogP contribution in [-0.2, 0) is 0 Å². The number of nitrogen functional groups attached to an aromatic ring is 1. The summed E-state index contributed by atoms with van der Waals surface area (Å²) in [4.78, 5) is 7.90. The molecular weight excluding hydrogens is 268 g/mol. The van der Waals surface area contributed by atoms with Crippen molar-refractivity contribution in [1.82, 2.24) is 9.97 Å². The Balaban J connectivity index is 2.31. The summed E-state index contributed by atoms with van der Waals surface area (Å²) in [6.45, 7) is 2.04. The first-order chi connectivity index (χ1) is 7.66. The Bertz CT molecular complexity index is 513. The number of anilines is 3. The van der Waals surface area contributed by atoms with Gasteiger partial charge in [0, 0.05) is 4.47 Å². The Morgan fingerprint density at radius 2 is 2.19 bits per heavy atom. The maximum atomic E-state index is 5.75. The van der Waals surface area contributed by atoms with E-state index in [0.29, 0.717) is 11.5 Å². The first-order valence-electron chi connectivity index (χ1n) is 4.75. The molecule has 0 bridgehead atoms. The molecule has 1 aromatic heterocycles. The van der Waals surface area contributed by atoms with E-state index in [1.165, 1.54) is 11.9 Å². The number of nitrogens with zero attached hydrogens (tertiary/aromatic N) is 2. The quantitative estimate of drug-likeness (QED) is 0.887. The highest BCUT2D eigenvalue weighted by molar-refractivity contribution is 9.10. The molecule has 0 saturated carbocycles. The van der Waals surface area contributed by atoms with Gasteiger partial charge in [-0.05, 0) is 40.5 Å². The molecule has 16 heavy (non-hydrogen) atoms. The topological polar surface area (TPSA) is 63.8 Å². The minimum atomic E-state index is 0.523. The van der Waals surface area contributed by atoms with Crippen LogP contribution in [0.3, 0.4) is 0 Å². The van der Waals surface area contributed by atoms with E-state index in [-0.39, 0.29) is 0 Å². The number of hydrogen-bond acceptors (Lipinski definition) is 4. The van der Waals surface area contributed by atoms with Crippen molar-refractivity contribution in [2.24, 2.45) is 0 Å².